The average molecular weight is 997 g/mol. The van der Waals surface area contributed by atoms with Crippen LogP contribution in [0.3, 0.4) is 0 Å². The van der Waals surface area contributed by atoms with Gasteiger partial charge in [-0.3, -0.25) is 0 Å². The zero-order valence-corrected chi connectivity index (χ0v) is 42.4. The monoisotopic (exact) mass is 996 g/mol. The van der Waals surface area contributed by atoms with E-state index < -0.39 is 0 Å². The highest BCUT2D eigenvalue weighted by molar-refractivity contribution is 6.25. The van der Waals surface area contributed by atoms with Gasteiger partial charge in [-0.2, -0.15) is 0 Å². The predicted molar refractivity (Wildman–Crippen MR) is 327 cm³/mol. The highest BCUT2D eigenvalue weighted by Crippen LogP contribution is 2.53. The lowest BCUT2D eigenvalue weighted by molar-refractivity contribution is 0.668. The molecule has 366 valence electrons. The molecule has 4 nitrogen and oxygen atoms in total. The van der Waals surface area contributed by atoms with Crippen LogP contribution in [0.4, 0.5) is 34.1 Å². The average Bonchev–Trinajstić information content (AvgIpc) is 4.19. The van der Waals surface area contributed by atoms with Crippen molar-refractivity contribution in [2.75, 3.05) is 9.80 Å². The van der Waals surface area contributed by atoms with Crippen LogP contribution in [-0.4, -0.2) is 0 Å². The Hall–Kier alpha value is -10.4. The van der Waals surface area contributed by atoms with E-state index in [4.69, 9.17) is 8.83 Å². The Morgan fingerprint density at radius 1 is 0.179 bits per heavy atom. The second-order valence-corrected chi connectivity index (χ2v) is 20.0. The quantitative estimate of drug-likeness (QED) is 0.101. The maximum atomic E-state index is 6.70. The van der Waals surface area contributed by atoms with E-state index in [0.29, 0.717) is 0 Å². The first-order valence-corrected chi connectivity index (χ1v) is 26.6. The Bertz CT molecular complexity index is 4400. The fourth-order valence-electron chi connectivity index (χ4n) is 11.7. The van der Waals surface area contributed by atoms with Crippen molar-refractivity contribution in [1.29, 1.82) is 0 Å². The van der Waals surface area contributed by atoms with E-state index >= 15 is 0 Å². The fraction of sp³-hybridized carbons (Fsp3) is 0. The highest BCUT2D eigenvalue weighted by Gasteiger charge is 2.28. The molecule has 0 aliphatic carbocycles. The van der Waals surface area contributed by atoms with Crippen LogP contribution in [0, 0.1) is 0 Å². The molecule has 0 radical (unpaired) electrons. The molecule has 2 aromatic heterocycles. The Morgan fingerprint density at radius 3 is 0.846 bits per heavy atom. The third-order valence-electron chi connectivity index (χ3n) is 15.4. The molecule has 0 N–H and O–H groups in total. The van der Waals surface area contributed by atoms with Crippen LogP contribution in [-0.2, 0) is 0 Å². The summed E-state index contributed by atoms with van der Waals surface area (Å²) in [6.45, 7) is 0. The first-order valence-electron chi connectivity index (χ1n) is 26.6. The van der Waals surface area contributed by atoms with E-state index in [0.717, 1.165) is 133 Å². The predicted octanol–water partition coefficient (Wildman–Crippen LogP) is 21.4. The van der Waals surface area contributed by atoms with Crippen LogP contribution in [0.2, 0.25) is 0 Å². The Kier molecular flexibility index (Phi) is 10.8. The number of para-hydroxylation sites is 2. The standard InChI is InChI=1S/C74H48N2O2/c1-5-17-49(18-6-1)53-29-35-57(36-30-53)75(59-39-43-63-61-25-13-15-27-69(61)77-71(63)47-59)73-65-41-33-56(52-23-11-4-12-24-52)46-68(65)74(66-42-34-55(45-67(66)73)51-21-9-3-10-22-51)76(58-37-31-54(32-38-58)50-19-7-2-8-20-50)60-40-44-64-62-26-14-16-28-70(62)78-72(64)48-60/h1-48H. The van der Waals surface area contributed by atoms with Crippen LogP contribution in [0.15, 0.2) is 300 Å². The number of anilines is 6. The summed E-state index contributed by atoms with van der Waals surface area (Å²) in [6.07, 6.45) is 0. The number of rotatable bonds is 10. The number of fused-ring (bicyclic) bond motifs is 8. The summed E-state index contributed by atoms with van der Waals surface area (Å²) in [5.41, 5.74) is 18.6. The van der Waals surface area contributed by atoms with Crippen molar-refractivity contribution in [2.24, 2.45) is 0 Å². The van der Waals surface area contributed by atoms with Crippen LogP contribution < -0.4 is 9.80 Å². The lowest BCUT2D eigenvalue weighted by atomic mass is 9.91. The van der Waals surface area contributed by atoms with Crippen molar-refractivity contribution in [3.8, 4) is 44.5 Å². The number of hydrogen-bond acceptors (Lipinski definition) is 4. The molecule has 0 amide bonds. The Morgan fingerprint density at radius 2 is 0.462 bits per heavy atom. The van der Waals surface area contributed by atoms with Crippen molar-refractivity contribution >= 4 is 99.5 Å². The van der Waals surface area contributed by atoms with E-state index in [1.807, 2.05) is 12.1 Å². The molecule has 15 rings (SSSR count). The van der Waals surface area contributed by atoms with Crippen molar-refractivity contribution in [2.45, 2.75) is 0 Å². The maximum absolute atomic E-state index is 6.70. The molecule has 13 aromatic carbocycles. The first kappa shape index (κ1) is 45.0. The third kappa shape index (κ3) is 7.77. The lowest BCUT2D eigenvalue weighted by Gasteiger charge is -2.33. The molecule has 0 aliphatic rings. The van der Waals surface area contributed by atoms with Crippen LogP contribution in [0.25, 0.3) is 110 Å². The number of furan rings is 2. The van der Waals surface area contributed by atoms with Gasteiger partial charge in [-0.1, -0.05) is 206 Å². The van der Waals surface area contributed by atoms with Gasteiger partial charge in [-0.25, -0.2) is 0 Å². The van der Waals surface area contributed by atoms with Gasteiger partial charge < -0.3 is 18.6 Å². The Labute approximate surface area is 451 Å². The molecule has 0 spiro atoms. The normalized spacial score (nSPS) is 11.6. The third-order valence-corrected chi connectivity index (χ3v) is 15.4. The smallest absolute Gasteiger partial charge is 0.137 e. The highest BCUT2D eigenvalue weighted by atomic mass is 16.3. The van der Waals surface area contributed by atoms with Crippen LogP contribution in [0.5, 0.6) is 0 Å². The first-order chi connectivity index (χ1) is 38.7. The fourth-order valence-corrected chi connectivity index (χ4v) is 11.7. The molecule has 0 aliphatic heterocycles. The van der Waals surface area contributed by atoms with Gasteiger partial charge in [0.25, 0.3) is 0 Å². The molecular formula is C74H48N2O2. The van der Waals surface area contributed by atoms with Crippen LogP contribution >= 0.6 is 0 Å². The van der Waals surface area contributed by atoms with E-state index in [9.17, 15) is 0 Å². The summed E-state index contributed by atoms with van der Waals surface area (Å²) in [5.74, 6) is 0. The second kappa shape index (κ2) is 18.7. The number of hydrogen-bond donors (Lipinski definition) is 0. The van der Waals surface area contributed by atoms with Crippen molar-refractivity contribution < 1.29 is 8.83 Å². The minimum atomic E-state index is 0.826. The van der Waals surface area contributed by atoms with Crippen LogP contribution in [0.1, 0.15) is 0 Å². The minimum Gasteiger partial charge on any atom is -0.456 e. The molecule has 0 fully saturated rings. The zero-order valence-electron chi connectivity index (χ0n) is 42.4. The SMILES string of the molecule is c1ccc(-c2ccc(N(c3ccc4c(c3)oc3ccccc34)c3c4ccc(-c5ccccc5)cc4c(N(c4ccc(-c5ccccc5)cc4)c4ccc5c(c4)oc4ccccc45)c4ccc(-c5ccccc5)cc34)cc2)cc1. The number of benzene rings is 13. The summed E-state index contributed by atoms with van der Waals surface area (Å²) in [6, 6.07) is 105. The molecule has 15 aromatic rings. The molecule has 0 saturated carbocycles. The molecule has 4 heteroatoms. The van der Waals surface area contributed by atoms with Gasteiger partial charge >= 0.3 is 0 Å². The van der Waals surface area contributed by atoms with Gasteiger partial charge in [0.2, 0.25) is 0 Å². The van der Waals surface area contributed by atoms with E-state index in [-0.39, 0.29) is 0 Å². The molecular weight excluding hydrogens is 949 g/mol. The van der Waals surface area contributed by atoms with Gasteiger partial charge in [0.05, 0.1) is 11.4 Å². The summed E-state index contributed by atoms with van der Waals surface area (Å²) in [4.78, 5) is 4.90. The topological polar surface area (TPSA) is 32.8 Å². The minimum absolute atomic E-state index is 0.826. The van der Waals surface area contributed by atoms with Crippen molar-refractivity contribution in [3.05, 3.63) is 291 Å². The number of nitrogens with zero attached hydrogens (tertiary/aromatic N) is 2. The Balaban J connectivity index is 1.07. The van der Waals surface area contributed by atoms with Gasteiger partial charge in [0, 0.05) is 78.0 Å². The van der Waals surface area contributed by atoms with E-state index in [1.165, 1.54) is 11.1 Å². The molecule has 0 bridgehead atoms. The summed E-state index contributed by atoms with van der Waals surface area (Å²) in [7, 11) is 0. The molecule has 78 heavy (non-hydrogen) atoms. The molecule has 2 heterocycles. The summed E-state index contributed by atoms with van der Waals surface area (Å²) >= 11 is 0. The second-order valence-electron chi connectivity index (χ2n) is 20.0. The largest absolute Gasteiger partial charge is 0.456 e. The van der Waals surface area contributed by atoms with Crippen molar-refractivity contribution in [3.63, 3.8) is 0 Å². The maximum Gasteiger partial charge on any atom is 0.137 e. The summed E-state index contributed by atoms with van der Waals surface area (Å²) in [5, 5.41) is 8.66. The van der Waals surface area contributed by atoms with Gasteiger partial charge in [-0.15, -0.1) is 0 Å². The molecule has 0 unspecified atom stereocenters. The van der Waals surface area contributed by atoms with Gasteiger partial charge in [0.1, 0.15) is 22.3 Å². The molecule has 0 atom stereocenters. The summed E-state index contributed by atoms with van der Waals surface area (Å²) < 4.78 is 13.4. The molecule has 0 saturated heterocycles. The van der Waals surface area contributed by atoms with Gasteiger partial charge in [-0.05, 0) is 117 Å². The van der Waals surface area contributed by atoms with Crippen molar-refractivity contribution in [1.82, 2.24) is 0 Å². The van der Waals surface area contributed by atoms with E-state index in [2.05, 4.69) is 289 Å². The lowest BCUT2D eigenvalue weighted by Crippen LogP contribution is -2.15. The van der Waals surface area contributed by atoms with E-state index in [1.54, 1.807) is 0 Å². The zero-order chi connectivity index (χ0) is 51.5. The van der Waals surface area contributed by atoms with Gasteiger partial charge in [0.15, 0.2) is 0 Å².